The van der Waals surface area contributed by atoms with Crippen LogP contribution >= 0.6 is 0 Å². The highest BCUT2D eigenvalue weighted by Gasteiger charge is 2.22. The molecule has 4 heteroatoms. The van der Waals surface area contributed by atoms with E-state index in [1.165, 1.54) is 11.1 Å². The molecular weight excluding hydrogens is 226 g/mol. The summed E-state index contributed by atoms with van der Waals surface area (Å²) < 4.78 is 0. The number of aryl methyl sites for hydroxylation is 1. The number of amides is 1. The second-order valence-corrected chi connectivity index (χ2v) is 5.29. The number of pyridine rings is 1. The van der Waals surface area contributed by atoms with Gasteiger partial charge in [0.1, 0.15) is 5.82 Å². The lowest BCUT2D eigenvalue weighted by molar-refractivity contribution is -0.129. The second-order valence-electron chi connectivity index (χ2n) is 5.29. The average molecular weight is 247 g/mol. The van der Waals surface area contributed by atoms with Gasteiger partial charge in [-0.05, 0) is 30.0 Å². The van der Waals surface area contributed by atoms with Crippen LogP contribution < -0.4 is 4.90 Å². The zero-order valence-electron chi connectivity index (χ0n) is 11.6. The molecule has 2 heterocycles. The van der Waals surface area contributed by atoms with Gasteiger partial charge in [-0.1, -0.05) is 13.8 Å². The molecule has 0 spiro atoms. The maximum atomic E-state index is 11.7. The van der Waals surface area contributed by atoms with Crippen LogP contribution in [0, 0.1) is 6.92 Å². The molecule has 1 amide bonds. The number of carbonyl (C=O) groups is 1. The number of nitrogens with zero attached hydrogens (tertiary/aromatic N) is 3. The lowest BCUT2D eigenvalue weighted by Crippen LogP contribution is -2.48. The standard InChI is InChI=1S/C14H21N3O/c1-10(2)12-8-15-13(7-11(12)3)17-6-5-16(4)14(18)9-17/h7-8,10H,5-6,9H2,1-4H3. The van der Waals surface area contributed by atoms with E-state index in [1.807, 2.05) is 13.2 Å². The normalized spacial score (nSPS) is 16.6. The Morgan fingerprint density at radius 1 is 1.33 bits per heavy atom. The van der Waals surface area contributed by atoms with E-state index in [0.717, 1.165) is 18.9 Å². The Bertz CT molecular complexity index is 456. The van der Waals surface area contributed by atoms with Crippen molar-refractivity contribution >= 4 is 11.7 Å². The Morgan fingerprint density at radius 3 is 2.61 bits per heavy atom. The minimum Gasteiger partial charge on any atom is -0.346 e. The van der Waals surface area contributed by atoms with Crippen LogP contribution in [-0.4, -0.2) is 42.5 Å². The number of anilines is 1. The van der Waals surface area contributed by atoms with Crippen molar-refractivity contribution in [1.82, 2.24) is 9.88 Å². The highest BCUT2D eigenvalue weighted by Crippen LogP contribution is 2.22. The van der Waals surface area contributed by atoms with E-state index < -0.39 is 0 Å². The van der Waals surface area contributed by atoms with Crippen molar-refractivity contribution in [3.05, 3.63) is 23.4 Å². The van der Waals surface area contributed by atoms with Crippen molar-refractivity contribution in [2.45, 2.75) is 26.7 Å². The number of hydrogen-bond acceptors (Lipinski definition) is 3. The number of carbonyl (C=O) groups excluding carboxylic acids is 1. The van der Waals surface area contributed by atoms with Gasteiger partial charge in [0, 0.05) is 26.3 Å². The van der Waals surface area contributed by atoms with Crippen molar-refractivity contribution in [3.63, 3.8) is 0 Å². The molecule has 0 atom stereocenters. The van der Waals surface area contributed by atoms with Gasteiger partial charge in [0.05, 0.1) is 6.54 Å². The molecule has 0 aromatic carbocycles. The number of hydrogen-bond donors (Lipinski definition) is 0. The zero-order chi connectivity index (χ0) is 13.3. The van der Waals surface area contributed by atoms with Crippen LogP contribution in [0.15, 0.2) is 12.3 Å². The van der Waals surface area contributed by atoms with Crippen LogP contribution in [0.3, 0.4) is 0 Å². The van der Waals surface area contributed by atoms with Gasteiger partial charge in [0.25, 0.3) is 0 Å². The first-order valence-electron chi connectivity index (χ1n) is 6.44. The summed E-state index contributed by atoms with van der Waals surface area (Å²) in [5.74, 6) is 1.56. The van der Waals surface area contributed by atoms with Gasteiger partial charge in [-0.3, -0.25) is 4.79 Å². The first-order chi connectivity index (χ1) is 8.49. The van der Waals surface area contributed by atoms with Gasteiger partial charge in [-0.2, -0.15) is 0 Å². The Labute approximate surface area is 109 Å². The quantitative estimate of drug-likeness (QED) is 0.799. The molecule has 0 aliphatic carbocycles. The molecule has 1 aliphatic heterocycles. The first-order valence-corrected chi connectivity index (χ1v) is 6.44. The van der Waals surface area contributed by atoms with Crippen LogP contribution in [-0.2, 0) is 4.79 Å². The van der Waals surface area contributed by atoms with Crippen molar-refractivity contribution in [1.29, 1.82) is 0 Å². The summed E-state index contributed by atoms with van der Waals surface area (Å²) in [6.07, 6.45) is 1.94. The van der Waals surface area contributed by atoms with E-state index in [1.54, 1.807) is 4.90 Å². The molecular formula is C14H21N3O. The summed E-state index contributed by atoms with van der Waals surface area (Å²) in [5.41, 5.74) is 2.53. The molecule has 1 aromatic rings. The number of likely N-dealkylation sites (N-methyl/N-ethyl adjacent to an activating group) is 1. The van der Waals surface area contributed by atoms with E-state index >= 15 is 0 Å². The Hall–Kier alpha value is -1.58. The monoisotopic (exact) mass is 247 g/mol. The summed E-state index contributed by atoms with van der Waals surface area (Å²) in [6, 6.07) is 2.09. The Kier molecular flexibility index (Phi) is 3.55. The maximum absolute atomic E-state index is 11.7. The summed E-state index contributed by atoms with van der Waals surface area (Å²) in [7, 11) is 1.85. The molecule has 1 saturated heterocycles. The Morgan fingerprint density at radius 2 is 2.06 bits per heavy atom. The fourth-order valence-corrected chi connectivity index (χ4v) is 2.28. The minimum absolute atomic E-state index is 0.161. The fraction of sp³-hybridized carbons (Fsp3) is 0.571. The Balaban J connectivity index is 2.19. The smallest absolute Gasteiger partial charge is 0.241 e. The predicted octanol–water partition coefficient (Wildman–Crippen LogP) is 1.79. The summed E-state index contributed by atoms with van der Waals surface area (Å²) in [5, 5.41) is 0. The minimum atomic E-state index is 0.161. The lowest BCUT2D eigenvalue weighted by atomic mass is 10.0. The molecule has 1 fully saturated rings. The fourth-order valence-electron chi connectivity index (χ4n) is 2.28. The number of rotatable bonds is 2. The molecule has 4 nitrogen and oxygen atoms in total. The third-order valence-corrected chi connectivity index (χ3v) is 3.54. The molecule has 2 rings (SSSR count). The van der Waals surface area contributed by atoms with Gasteiger partial charge in [-0.15, -0.1) is 0 Å². The molecule has 0 unspecified atom stereocenters. The van der Waals surface area contributed by atoms with Crippen LogP contribution in [0.1, 0.15) is 30.9 Å². The number of piperazine rings is 1. The van der Waals surface area contributed by atoms with Crippen molar-refractivity contribution in [2.24, 2.45) is 0 Å². The van der Waals surface area contributed by atoms with Crippen molar-refractivity contribution < 1.29 is 4.79 Å². The first kappa shape index (κ1) is 12.9. The van der Waals surface area contributed by atoms with E-state index in [2.05, 4.69) is 36.7 Å². The average Bonchev–Trinajstić information content (AvgIpc) is 2.32. The highest BCUT2D eigenvalue weighted by atomic mass is 16.2. The molecule has 1 aliphatic rings. The third-order valence-electron chi connectivity index (χ3n) is 3.54. The highest BCUT2D eigenvalue weighted by molar-refractivity contribution is 5.82. The molecule has 98 valence electrons. The van der Waals surface area contributed by atoms with Crippen LogP contribution in [0.5, 0.6) is 0 Å². The largest absolute Gasteiger partial charge is 0.346 e. The molecule has 1 aromatic heterocycles. The van der Waals surface area contributed by atoms with Crippen molar-refractivity contribution in [2.75, 3.05) is 31.6 Å². The van der Waals surface area contributed by atoms with Gasteiger partial charge in [0.15, 0.2) is 0 Å². The molecule has 18 heavy (non-hydrogen) atoms. The van der Waals surface area contributed by atoms with E-state index in [0.29, 0.717) is 12.5 Å². The van der Waals surface area contributed by atoms with E-state index in [4.69, 9.17) is 0 Å². The third kappa shape index (κ3) is 2.47. The van der Waals surface area contributed by atoms with Gasteiger partial charge >= 0.3 is 0 Å². The van der Waals surface area contributed by atoms with Crippen LogP contribution in [0.25, 0.3) is 0 Å². The van der Waals surface area contributed by atoms with E-state index in [-0.39, 0.29) is 5.91 Å². The molecule has 0 bridgehead atoms. The second kappa shape index (κ2) is 4.96. The topological polar surface area (TPSA) is 36.4 Å². The van der Waals surface area contributed by atoms with Crippen LogP contribution in [0.4, 0.5) is 5.82 Å². The van der Waals surface area contributed by atoms with Crippen LogP contribution in [0.2, 0.25) is 0 Å². The summed E-state index contributed by atoms with van der Waals surface area (Å²) >= 11 is 0. The molecule has 0 saturated carbocycles. The van der Waals surface area contributed by atoms with Crippen molar-refractivity contribution in [3.8, 4) is 0 Å². The molecule has 0 radical (unpaired) electrons. The van der Waals surface area contributed by atoms with E-state index in [9.17, 15) is 4.79 Å². The lowest BCUT2D eigenvalue weighted by Gasteiger charge is -2.33. The number of aromatic nitrogens is 1. The zero-order valence-corrected chi connectivity index (χ0v) is 11.6. The van der Waals surface area contributed by atoms with Gasteiger partial charge in [0.2, 0.25) is 5.91 Å². The van der Waals surface area contributed by atoms with Gasteiger partial charge < -0.3 is 9.80 Å². The SMILES string of the molecule is Cc1cc(N2CCN(C)C(=O)C2)ncc1C(C)C. The molecule has 0 N–H and O–H groups in total. The van der Waals surface area contributed by atoms with Gasteiger partial charge in [-0.25, -0.2) is 4.98 Å². The summed E-state index contributed by atoms with van der Waals surface area (Å²) in [4.78, 5) is 20.0. The maximum Gasteiger partial charge on any atom is 0.241 e. The predicted molar refractivity (Wildman–Crippen MR) is 72.9 cm³/mol. The summed E-state index contributed by atoms with van der Waals surface area (Å²) in [6.45, 7) is 8.51.